The van der Waals surface area contributed by atoms with Gasteiger partial charge in [-0.1, -0.05) is 17.7 Å². The number of ether oxygens (including phenoxy) is 2. The number of hydrogen-bond donors (Lipinski definition) is 1. The fourth-order valence-electron chi connectivity index (χ4n) is 2.73. The third-order valence-electron chi connectivity index (χ3n) is 3.97. The molecule has 0 unspecified atom stereocenters. The van der Waals surface area contributed by atoms with Crippen molar-refractivity contribution in [3.05, 3.63) is 35.4 Å². The van der Waals surface area contributed by atoms with E-state index in [1.807, 2.05) is 18.2 Å². The van der Waals surface area contributed by atoms with Crippen LogP contribution in [-0.2, 0) is 11.2 Å². The third-order valence-corrected chi connectivity index (χ3v) is 3.97. The minimum absolute atomic E-state index is 0.0450. The van der Waals surface area contributed by atoms with E-state index in [4.69, 9.17) is 9.47 Å². The molecule has 0 saturated carbocycles. The predicted molar refractivity (Wildman–Crippen MR) is 87.4 cm³/mol. The average Bonchev–Trinajstić information content (AvgIpc) is 2.55. The Hall–Kier alpha value is -1.97. The van der Waals surface area contributed by atoms with Gasteiger partial charge < -0.3 is 14.8 Å². The van der Waals surface area contributed by atoms with Crippen LogP contribution >= 0.6 is 0 Å². The highest BCUT2D eigenvalue weighted by Gasteiger charge is 2.09. The molecule has 22 heavy (non-hydrogen) atoms. The van der Waals surface area contributed by atoms with Crippen molar-refractivity contribution in [2.75, 3.05) is 20.8 Å². The van der Waals surface area contributed by atoms with E-state index in [0.29, 0.717) is 17.9 Å². The summed E-state index contributed by atoms with van der Waals surface area (Å²) in [4.78, 5) is 12.0. The minimum atomic E-state index is 0.0450. The smallest absolute Gasteiger partial charge is 0.224 e. The molecule has 0 aromatic heterocycles. The Balaban J connectivity index is 1.80. The molecule has 1 aromatic rings. The van der Waals surface area contributed by atoms with Gasteiger partial charge in [-0.3, -0.25) is 4.79 Å². The van der Waals surface area contributed by atoms with E-state index < -0.39 is 0 Å². The van der Waals surface area contributed by atoms with Gasteiger partial charge in [-0.05, 0) is 49.8 Å². The first kappa shape index (κ1) is 16.4. The molecule has 1 aliphatic rings. The molecule has 2 rings (SSSR count). The van der Waals surface area contributed by atoms with E-state index in [0.717, 1.165) is 18.5 Å². The normalized spacial score (nSPS) is 14.2. The molecule has 0 atom stereocenters. The van der Waals surface area contributed by atoms with Crippen molar-refractivity contribution in [3.8, 4) is 11.5 Å². The molecule has 0 fully saturated rings. The van der Waals surface area contributed by atoms with Crippen LogP contribution in [0.5, 0.6) is 11.5 Å². The Labute approximate surface area is 132 Å². The van der Waals surface area contributed by atoms with E-state index in [9.17, 15) is 4.79 Å². The Morgan fingerprint density at radius 1 is 1.18 bits per heavy atom. The molecule has 0 heterocycles. The molecular formula is C18H25NO3. The second-order valence-corrected chi connectivity index (χ2v) is 5.57. The van der Waals surface area contributed by atoms with E-state index in [2.05, 4.69) is 11.4 Å². The number of carbonyl (C=O) groups is 1. The van der Waals surface area contributed by atoms with Crippen molar-refractivity contribution in [1.29, 1.82) is 0 Å². The fraction of sp³-hybridized carbons (Fsp3) is 0.500. The van der Waals surface area contributed by atoms with Crippen molar-refractivity contribution in [2.45, 2.75) is 38.5 Å². The second kappa shape index (κ2) is 8.47. The van der Waals surface area contributed by atoms with Gasteiger partial charge in [-0.2, -0.15) is 0 Å². The van der Waals surface area contributed by atoms with Crippen molar-refractivity contribution >= 4 is 5.91 Å². The first-order valence-electron chi connectivity index (χ1n) is 7.88. The maximum Gasteiger partial charge on any atom is 0.224 e. The van der Waals surface area contributed by atoms with Crippen LogP contribution in [0, 0.1) is 0 Å². The van der Waals surface area contributed by atoms with Gasteiger partial charge in [-0.15, -0.1) is 0 Å². The molecule has 1 aliphatic carbocycles. The zero-order valence-electron chi connectivity index (χ0n) is 13.5. The number of allylic oxidation sites excluding steroid dienone is 1. The first-order valence-corrected chi connectivity index (χ1v) is 7.88. The van der Waals surface area contributed by atoms with Crippen molar-refractivity contribution in [2.24, 2.45) is 0 Å². The molecule has 0 radical (unpaired) electrons. The quantitative estimate of drug-likeness (QED) is 0.787. The molecular weight excluding hydrogens is 278 g/mol. The third kappa shape index (κ3) is 4.79. The highest BCUT2D eigenvalue weighted by molar-refractivity contribution is 5.78. The van der Waals surface area contributed by atoms with Gasteiger partial charge in [0.1, 0.15) is 0 Å². The molecule has 0 bridgehead atoms. The van der Waals surface area contributed by atoms with Gasteiger partial charge in [-0.25, -0.2) is 0 Å². The standard InChI is InChI=1S/C18H25NO3/c1-21-16-9-8-15(12-17(16)22-2)13-18(20)19-11-10-14-6-4-3-5-7-14/h6,8-9,12H,3-5,7,10-11,13H2,1-2H3,(H,19,20). The maximum atomic E-state index is 12.0. The van der Waals surface area contributed by atoms with Gasteiger partial charge in [0.15, 0.2) is 11.5 Å². The summed E-state index contributed by atoms with van der Waals surface area (Å²) in [5.74, 6) is 1.37. The van der Waals surface area contributed by atoms with Gasteiger partial charge in [0.05, 0.1) is 20.6 Å². The number of hydrogen-bond acceptors (Lipinski definition) is 3. The summed E-state index contributed by atoms with van der Waals surface area (Å²) in [6, 6.07) is 5.57. The van der Waals surface area contributed by atoms with Crippen molar-refractivity contribution in [3.63, 3.8) is 0 Å². The van der Waals surface area contributed by atoms with Crippen LogP contribution in [0.25, 0.3) is 0 Å². The fourth-order valence-corrected chi connectivity index (χ4v) is 2.73. The van der Waals surface area contributed by atoms with E-state index in [1.165, 1.54) is 31.3 Å². The van der Waals surface area contributed by atoms with Crippen LogP contribution in [0.2, 0.25) is 0 Å². The molecule has 0 aliphatic heterocycles. The Morgan fingerprint density at radius 2 is 2.00 bits per heavy atom. The topological polar surface area (TPSA) is 47.6 Å². The van der Waals surface area contributed by atoms with E-state index >= 15 is 0 Å². The lowest BCUT2D eigenvalue weighted by molar-refractivity contribution is -0.120. The molecule has 120 valence electrons. The largest absolute Gasteiger partial charge is 0.493 e. The number of nitrogens with one attached hydrogen (secondary N) is 1. The lowest BCUT2D eigenvalue weighted by Crippen LogP contribution is -2.26. The van der Waals surface area contributed by atoms with Gasteiger partial charge >= 0.3 is 0 Å². The summed E-state index contributed by atoms with van der Waals surface area (Å²) in [5.41, 5.74) is 2.41. The van der Waals surface area contributed by atoms with Crippen LogP contribution in [-0.4, -0.2) is 26.7 Å². The van der Waals surface area contributed by atoms with Crippen LogP contribution in [0.4, 0.5) is 0 Å². The Morgan fingerprint density at radius 3 is 2.68 bits per heavy atom. The SMILES string of the molecule is COc1ccc(CC(=O)NCCC2=CCCCC2)cc1OC. The predicted octanol–water partition coefficient (Wildman–Crippen LogP) is 3.25. The van der Waals surface area contributed by atoms with Crippen LogP contribution in [0.1, 0.15) is 37.7 Å². The molecule has 1 amide bonds. The summed E-state index contributed by atoms with van der Waals surface area (Å²) in [6.07, 6.45) is 8.61. The molecule has 1 aromatic carbocycles. The maximum absolute atomic E-state index is 12.0. The van der Waals surface area contributed by atoms with Crippen LogP contribution in [0.3, 0.4) is 0 Å². The zero-order valence-corrected chi connectivity index (χ0v) is 13.5. The summed E-state index contributed by atoms with van der Waals surface area (Å²) in [5, 5.41) is 2.99. The number of methoxy groups -OCH3 is 2. The summed E-state index contributed by atoms with van der Waals surface area (Å²) in [6.45, 7) is 0.720. The highest BCUT2D eigenvalue weighted by Crippen LogP contribution is 2.27. The van der Waals surface area contributed by atoms with Gasteiger partial charge in [0.2, 0.25) is 5.91 Å². The molecule has 4 nitrogen and oxygen atoms in total. The molecule has 4 heteroatoms. The molecule has 0 saturated heterocycles. The summed E-state index contributed by atoms with van der Waals surface area (Å²) >= 11 is 0. The van der Waals surface area contributed by atoms with Crippen LogP contribution in [0.15, 0.2) is 29.8 Å². The van der Waals surface area contributed by atoms with Crippen molar-refractivity contribution < 1.29 is 14.3 Å². The number of carbonyl (C=O) groups excluding carboxylic acids is 1. The number of benzene rings is 1. The van der Waals surface area contributed by atoms with Gasteiger partial charge in [0.25, 0.3) is 0 Å². The zero-order chi connectivity index (χ0) is 15.8. The lowest BCUT2D eigenvalue weighted by Gasteiger charge is -2.13. The molecule has 0 spiro atoms. The Kier molecular flexibility index (Phi) is 6.31. The van der Waals surface area contributed by atoms with E-state index in [1.54, 1.807) is 14.2 Å². The average molecular weight is 303 g/mol. The van der Waals surface area contributed by atoms with Crippen molar-refractivity contribution in [1.82, 2.24) is 5.32 Å². The van der Waals surface area contributed by atoms with E-state index in [-0.39, 0.29) is 5.91 Å². The Bertz CT molecular complexity index is 537. The number of amides is 1. The summed E-state index contributed by atoms with van der Waals surface area (Å²) in [7, 11) is 3.20. The molecule has 1 N–H and O–H groups in total. The number of rotatable bonds is 7. The summed E-state index contributed by atoms with van der Waals surface area (Å²) < 4.78 is 10.5. The minimum Gasteiger partial charge on any atom is -0.493 e. The highest BCUT2D eigenvalue weighted by atomic mass is 16.5. The lowest BCUT2D eigenvalue weighted by atomic mass is 9.97. The first-order chi connectivity index (χ1) is 10.7. The second-order valence-electron chi connectivity index (χ2n) is 5.57. The van der Waals surface area contributed by atoms with Crippen LogP contribution < -0.4 is 14.8 Å². The monoisotopic (exact) mass is 303 g/mol. The van der Waals surface area contributed by atoms with Gasteiger partial charge in [0, 0.05) is 6.54 Å².